The molecule has 2 rings (SSSR count). The third kappa shape index (κ3) is 5.20. The molecule has 0 radical (unpaired) electrons. The fourth-order valence-electron chi connectivity index (χ4n) is 2.00. The third-order valence-corrected chi connectivity index (χ3v) is 3.23. The molecular weight excluding hydrogens is 278 g/mol. The maximum absolute atomic E-state index is 5.22. The first-order chi connectivity index (χ1) is 10.8. The second-order valence-corrected chi connectivity index (χ2v) is 4.97. The van der Waals surface area contributed by atoms with E-state index in [0.717, 1.165) is 43.9 Å². The standard InChI is InChI=1S/C16H23N5O/c1-3-4-9-17-15-12-19-21-16(20-15)18-10-8-13-6-5-7-14(11-13)22-2/h5-7,11-12H,3-4,8-10H2,1-2H3,(H2,17,18,20,21). The Morgan fingerprint density at radius 2 is 2.09 bits per heavy atom. The van der Waals surface area contributed by atoms with Crippen molar-refractivity contribution in [1.82, 2.24) is 15.2 Å². The summed E-state index contributed by atoms with van der Waals surface area (Å²) >= 11 is 0. The van der Waals surface area contributed by atoms with Gasteiger partial charge in [-0.1, -0.05) is 25.5 Å². The monoisotopic (exact) mass is 301 g/mol. The molecule has 0 aliphatic carbocycles. The summed E-state index contributed by atoms with van der Waals surface area (Å²) in [5.74, 6) is 2.18. The zero-order chi connectivity index (χ0) is 15.6. The molecule has 1 aromatic carbocycles. The van der Waals surface area contributed by atoms with Gasteiger partial charge in [0.05, 0.1) is 13.3 Å². The number of nitrogens with zero attached hydrogens (tertiary/aromatic N) is 3. The van der Waals surface area contributed by atoms with Gasteiger partial charge in [-0.2, -0.15) is 10.1 Å². The molecule has 0 atom stereocenters. The van der Waals surface area contributed by atoms with E-state index in [1.165, 1.54) is 5.56 Å². The maximum Gasteiger partial charge on any atom is 0.244 e. The number of unbranched alkanes of at least 4 members (excludes halogenated alkanes) is 1. The number of nitrogens with one attached hydrogen (secondary N) is 2. The molecule has 0 unspecified atom stereocenters. The van der Waals surface area contributed by atoms with Crippen LogP contribution in [0.25, 0.3) is 0 Å². The summed E-state index contributed by atoms with van der Waals surface area (Å²) in [6, 6.07) is 8.04. The summed E-state index contributed by atoms with van der Waals surface area (Å²) in [6.07, 6.45) is 4.77. The van der Waals surface area contributed by atoms with Crippen LogP contribution in [0, 0.1) is 0 Å². The van der Waals surface area contributed by atoms with Gasteiger partial charge in [0, 0.05) is 13.1 Å². The Morgan fingerprint density at radius 1 is 1.18 bits per heavy atom. The van der Waals surface area contributed by atoms with Gasteiger partial charge in [-0.3, -0.25) is 0 Å². The Bertz CT molecular complexity index is 576. The highest BCUT2D eigenvalue weighted by Gasteiger charge is 2.01. The molecule has 1 aromatic heterocycles. The number of benzene rings is 1. The molecule has 6 heteroatoms. The Kier molecular flexibility index (Phi) is 6.41. The van der Waals surface area contributed by atoms with Crippen molar-refractivity contribution in [3.05, 3.63) is 36.0 Å². The molecule has 0 spiro atoms. The van der Waals surface area contributed by atoms with E-state index in [1.54, 1.807) is 13.3 Å². The van der Waals surface area contributed by atoms with E-state index in [0.29, 0.717) is 5.95 Å². The van der Waals surface area contributed by atoms with Gasteiger partial charge in [-0.15, -0.1) is 5.10 Å². The molecule has 0 saturated heterocycles. The predicted octanol–water partition coefficient (Wildman–Crippen LogP) is 2.75. The Balaban J connectivity index is 1.82. The summed E-state index contributed by atoms with van der Waals surface area (Å²) in [7, 11) is 1.67. The number of aromatic nitrogens is 3. The van der Waals surface area contributed by atoms with Crippen LogP contribution in [0.4, 0.5) is 11.8 Å². The second-order valence-electron chi connectivity index (χ2n) is 4.97. The molecule has 2 N–H and O–H groups in total. The molecule has 1 heterocycles. The number of rotatable bonds is 9. The number of hydrogen-bond donors (Lipinski definition) is 2. The smallest absolute Gasteiger partial charge is 0.244 e. The highest BCUT2D eigenvalue weighted by atomic mass is 16.5. The van der Waals surface area contributed by atoms with E-state index in [-0.39, 0.29) is 0 Å². The maximum atomic E-state index is 5.22. The van der Waals surface area contributed by atoms with Gasteiger partial charge in [0.25, 0.3) is 0 Å². The zero-order valence-electron chi connectivity index (χ0n) is 13.2. The van der Waals surface area contributed by atoms with Gasteiger partial charge in [-0.05, 0) is 30.5 Å². The van der Waals surface area contributed by atoms with Crippen molar-refractivity contribution in [2.75, 3.05) is 30.8 Å². The molecule has 0 amide bonds. The third-order valence-electron chi connectivity index (χ3n) is 3.23. The van der Waals surface area contributed by atoms with E-state index in [9.17, 15) is 0 Å². The fraction of sp³-hybridized carbons (Fsp3) is 0.438. The van der Waals surface area contributed by atoms with Crippen LogP contribution in [0.2, 0.25) is 0 Å². The molecule has 22 heavy (non-hydrogen) atoms. The van der Waals surface area contributed by atoms with Crippen LogP contribution in [0.1, 0.15) is 25.3 Å². The topological polar surface area (TPSA) is 72.0 Å². The van der Waals surface area contributed by atoms with Crippen LogP contribution in [-0.4, -0.2) is 35.4 Å². The van der Waals surface area contributed by atoms with Crippen LogP contribution >= 0.6 is 0 Å². The van der Waals surface area contributed by atoms with Crippen molar-refractivity contribution in [2.45, 2.75) is 26.2 Å². The molecule has 6 nitrogen and oxygen atoms in total. The SMILES string of the molecule is CCCCNc1cnnc(NCCc2cccc(OC)c2)n1. The first kappa shape index (κ1) is 16.0. The van der Waals surface area contributed by atoms with Gasteiger partial charge in [-0.25, -0.2) is 0 Å². The zero-order valence-corrected chi connectivity index (χ0v) is 13.2. The predicted molar refractivity (Wildman–Crippen MR) is 88.4 cm³/mol. The largest absolute Gasteiger partial charge is 0.497 e. The number of anilines is 2. The number of ether oxygens (including phenoxy) is 1. The van der Waals surface area contributed by atoms with Crippen molar-refractivity contribution < 1.29 is 4.74 Å². The van der Waals surface area contributed by atoms with Crippen LogP contribution in [0.5, 0.6) is 5.75 Å². The van der Waals surface area contributed by atoms with Crippen molar-refractivity contribution in [3.8, 4) is 5.75 Å². The lowest BCUT2D eigenvalue weighted by molar-refractivity contribution is 0.414. The van der Waals surface area contributed by atoms with Gasteiger partial charge in [0.15, 0.2) is 0 Å². The first-order valence-corrected chi connectivity index (χ1v) is 7.62. The molecule has 0 saturated carbocycles. The van der Waals surface area contributed by atoms with Crippen LogP contribution < -0.4 is 15.4 Å². The van der Waals surface area contributed by atoms with Gasteiger partial charge in [0.1, 0.15) is 11.6 Å². The molecule has 0 fully saturated rings. The lowest BCUT2D eigenvalue weighted by Crippen LogP contribution is -2.11. The van der Waals surface area contributed by atoms with Crippen LogP contribution in [-0.2, 0) is 6.42 Å². The summed E-state index contributed by atoms with van der Waals surface area (Å²) in [4.78, 5) is 4.39. The quantitative estimate of drug-likeness (QED) is 0.694. The minimum absolute atomic E-state index is 0.546. The van der Waals surface area contributed by atoms with Crippen molar-refractivity contribution in [3.63, 3.8) is 0 Å². The summed E-state index contributed by atoms with van der Waals surface area (Å²) in [5, 5.41) is 14.4. The second kappa shape index (κ2) is 8.81. The molecule has 0 aliphatic rings. The minimum Gasteiger partial charge on any atom is -0.497 e. The van der Waals surface area contributed by atoms with E-state index in [1.807, 2.05) is 18.2 Å². The molecule has 2 aromatic rings. The van der Waals surface area contributed by atoms with Crippen molar-refractivity contribution in [2.24, 2.45) is 0 Å². The molecule has 118 valence electrons. The minimum atomic E-state index is 0.546. The molecule has 0 bridgehead atoms. The Hall–Kier alpha value is -2.37. The van der Waals surface area contributed by atoms with Crippen molar-refractivity contribution in [1.29, 1.82) is 0 Å². The van der Waals surface area contributed by atoms with Crippen molar-refractivity contribution >= 4 is 11.8 Å². The summed E-state index contributed by atoms with van der Waals surface area (Å²) in [5.41, 5.74) is 1.21. The van der Waals surface area contributed by atoms with Gasteiger partial charge in [0.2, 0.25) is 5.95 Å². The van der Waals surface area contributed by atoms with E-state index < -0.39 is 0 Å². The summed E-state index contributed by atoms with van der Waals surface area (Å²) < 4.78 is 5.22. The number of hydrogen-bond acceptors (Lipinski definition) is 6. The van der Waals surface area contributed by atoms with Gasteiger partial charge >= 0.3 is 0 Å². The highest BCUT2D eigenvalue weighted by molar-refractivity contribution is 5.37. The van der Waals surface area contributed by atoms with Gasteiger partial charge < -0.3 is 15.4 Å². The molecular formula is C16H23N5O. The van der Waals surface area contributed by atoms with Crippen LogP contribution in [0.15, 0.2) is 30.5 Å². The lowest BCUT2D eigenvalue weighted by Gasteiger charge is -2.08. The first-order valence-electron chi connectivity index (χ1n) is 7.62. The Labute approximate surface area is 131 Å². The molecule has 0 aliphatic heterocycles. The number of methoxy groups -OCH3 is 1. The normalized spacial score (nSPS) is 10.3. The highest BCUT2D eigenvalue weighted by Crippen LogP contribution is 2.13. The summed E-state index contributed by atoms with van der Waals surface area (Å²) in [6.45, 7) is 3.80. The van der Waals surface area contributed by atoms with Crippen LogP contribution in [0.3, 0.4) is 0 Å². The average Bonchev–Trinajstić information content (AvgIpc) is 2.56. The Morgan fingerprint density at radius 3 is 2.91 bits per heavy atom. The fourth-order valence-corrected chi connectivity index (χ4v) is 2.00. The van der Waals surface area contributed by atoms with E-state index in [4.69, 9.17) is 4.74 Å². The average molecular weight is 301 g/mol. The lowest BCUT2D eigenvalue weighted by atomic mass is 10.1. The van der Waals surface area contributed by atoms with E-state index in [2.05, 4.69) is 38.8 Å². The van der Waals surface area contributed by atoms with E-state index >= 15 is 0 Å².